The van der Waals surface area contributed by atoms with Gasteiger partial charge in [0.15, 0.2) is 0 Å². The van der Waals surface area contributed by atoms with Crippen molar-refractivity contribution in [3.8, 4) is 0 Å². The topological polar surface area (TPSA) is 52.6 Å². The maximum absolute atomic E-state index is 10.7. The minimum atomic E-state index is -0.621. The zero-order valence-electron chi connectivity index (χ0n) is 10.6. The summed E-state index contributed by atoms with van der Waals surface area (Å²) < 4.78 is 0. The molecule has 4 nitrogen and oxygen atoms in total. The van der Waals surface area contributed by atoms with E-state index in [1.165, 1.54) is 6.92 Å². The molecule has 16 heavy (non-hydrogen) atoms. The molecule has 0 aromatic heterocycles. The monoisotopic (exact) mass is 228 g/mol. The molecule has 1 saturated heterocycles. The molecule has 0 aromatic carbocycles. The first-order chi connectivity index (χ1) is 7.41. The molecule has 0 aliphatic carbocycles. The third-order valence-electron chi connectivity index (χ3n) is 3.18. The van der Waals surface area contributed by atoms with Gasteiger partial charge in [-0.1, -0.05) is 0 Å². The van der Waals surface area contributed by atoms with Gasteiger partial charge in [-0.3, -0.25) is 9.69 Å². The van der Waals surface area contributed by atoms with Gasteiger partial charge in [-0.2, -0.15) is 0 Å². The molecule has 1 aliphatic heterocycles. The van der Waals surface area contributed by atoms with E-state index in [0.717, 1.165) is 38.9 Å². The number of hydrogen-bond acceptors (Lipinski definition) is 3. The Morgan fingerprint density at radius 1 is 1.56 bits per heavy atom. The molecule has 1 atom stereocenters. The predicted molar refractivity (Wildman–Crippen MR) is 64.2 cm³/mol. The second kappa shape index (κ2) is 5.64. The lowest BCUT2D eigenvalue weighted by atomic mass is 9.96. The van der Waals surface area contributed by atoms with Crippen molar-refractivity contribution in [3.63, 3.8) is 0 Å². The lowest BCUT2D eigenvalue weighted by Gasteiger charge is -2.33. The maximum atomic E-state index is 10.7. The van der Waals surface area contributed by atoms with Gasteiger partial charge >= 0.3 is 0 Å². The minimum Gasteiger partial charge on any atom is -0.389 e. The predicted octanol–water partition coefficient (Wildman–Crippen LogP) is 0.748. The zero-order valence-corrected chi connectivity index (χ0v) is 10.6. The largest absolute Gasteiger partial charge is 0.389 e. The Hall–Kier alpha value is -0.610. The first-order valence-corrected chi connectivity index (χ1v) is 6.12. The van der Waals surface area contributed by atoms with Crippen LogP contribution in [0.25, 0.3) is 0 Å². The highest BCUT2D eigenvalue weighted by Gasteiger charge is 2.35. The molecule has 0 saturated carbocycles. The Morgan fingerprint density at radius 3 is 2.81 bits per heavy atom. The van der Waals surface area contributed by atoms with Crippen LogP contribution in [0.4, 0.5) is 0 Å². The summed E-state index contributed by atoms with van der Waals surface area (Å²) in [5.41, 5.74) is -0.621. The van der Waals surface area contributed by atoms with Crippen LogP contribution >= 0.6 is 0 Å². The Bertz CT molecular complexity index is 236. The molecule has 0 radical (unpaired) electrons. The Kier molecular flexibility index (Phi) is 4.74. The molecule has 1 unspecified atom stereocenters. The molecule has 1 amide bonds. The standard InChI is InChI=1S/C12H24N2O2/c1-10(15)13-7-5-9-14-8-4-6-11(14)12(2,3)16/h11,16H,4-9H2,1-3H3,(H,13,15). The summed E-state index contributed by atoms with van der Waals surface area (Å²) >= 11 is 0. The highest BCUT2D eigenvalue weighted by Crippen LogP contribution is 2.26. The molecular weight excluding hydrogens is 204 g/mol. The summed E-state index contributed by atoms with van der Waals surface area (Å²) in [6, 6.07) is 0.268. The van der Waals surface area contributed by atoms with E-state index in [1.54, 1.807) is 0 Å². The molecule has 0 bridgehead atoms. The van der Waals surface area contributed by atoms with Crippen molar-refractivity contribution in [2.75, 3.05) is 19.6 Å². The third-order valence-corrected chi connectivity index (χ3v) is 3.18. The molecule has 1 rings (SSSR count). The van der Waals surface area contributed by atoms with Crippen molar-refractivity contribution in [1.82, 2.24) is 10.2 Å². The smallest absolute Gasteiger partial charge is 0.216 e. The Balaban J connectivity index is 2.28. The lowest BCUT2D eigenvalue weighted by Crippen LogP contribution is -2.46. The van der Waals surface area contributed by atoms with Gasteiger partial charge in [0, 0.05) is 26.1 Å². The van der Waals surface area contributed by atoms with Crippen LogP contribution in [-0.4, -0.2) is 47.2 Å². The summed E-state index contributed by atoms with van der Waals surface area (Å²) in [5, 5.41) is 12.8. The average molecular weight is 228 g/mol. The van der Waals surface area contributed by atoms with Gasteiger partial charge in [0.1, 0.15) is 0 Å². The number of carbonyl (C=O) groups is 1. The van der Waals surface area contributed by atoms with E-state index < -0.39 is 5.60 Å². The maximum Gasteiger partial charge on any atom is 0.216 e. The third kappa shape index (κ3) is 4.10. The fourth-order valence-corrected chi connectivity index (χ4v) is 2.44. The zero-order chi connectivity index (χ0) is 12.2. The first kappa shape index (κ1) is 13.5. The molecular formula is C12H24N2O2. The summed E-state index contributed by atoms with van der Waals surface area (Å²) in [6.07, 6.45) is 3.19. The van der Waals surface area contributed by atoms with Crippen LogP contribution < -0.4 is 5.32 Å². The Labute approximate surface area is 98.0 Å². The van der Waals surface area contributed by atoms with Crippen LogP contribution in [0.15, 0.2) is 0 Å². The van der Waals surface area contributed by atoms with Crippen LogP contribution in [-0.2, 0) is 4.79 Å². The molecule has 2 N–H and O–H groups in total. The first-order valence-electron chi connectivity index (χ1n) is 6.12. The van der Waals surface area contributed by atoms with Crippen molar-refractivity contribution in [2.45, 2.75) is 51.7 Å². The van der Waals surface area contributed by atoms with Gasteiger partial charge in [-0.05, 0) is 39.7 Å². The van der Waals surface area contributed by atoms with Crippen molar-refractivity contribution >= 4 is 5.91 Å². The number of nitrogens with zero attached hydrogens (tertiary/aromatic N) is 1. The quantitative estimate of drug-likeness (QED) is 0.683. The number of aliphatic hydroxyl groups is 1. The number of likely N-dealkylation sites (tertiary alicyclic amines) is 1. The van der Waals surface area contributed by atoms with Crippen LogP contribution in [0, 0.1) is 0 Å². The van der Waals surface area contributed by atoms with Gasteiger partial charge in [0.25, 0.3) is 0 Å². The molecule has 1 aliphatic rings. The van der Waals surface area contributed by atoms with E-state index in [4.69, 9.17) is 0 Å². The van der Waals surface area contributed by atoms with E-state index in [0.29, 0.717) is 0 Å². The number of nitrogens with one attached hydrogen (secondary N) is 1. The Morgan fingerprint density at radius 2 is 2.25 bits per heavy atom. The summed E-state index contributed by atoms with van der Waals surface area (Å²) in [4.78, 5) is 13.0. The SMILES string of the molecule is CC(=O)NCCCN1CCCC1C(C)(C)O. The van der Waals surface area contributed by atoms with Gasteiger partial charge in [0.2, 0.25) is 5.91 Å². The van der Waals surface area contributed by atoms with Crippen molar-refractivity contribution in [2.24, 2.45) is 0 Å². The number of carbonyl (C=O) groups excluding carboxylic acids is 1. The lowest BCUT2D eigenvalue weighted by molar-refractivity contribution is -0.119. The fourth-order valence-electron chi connectivity index (χ4n) is 2.44. The molecule has 94 valence electrons. The number of rotatable bonds is 5. The highest BCUT2D eigenvalue weighted by molar-refractivity contribution is 5.72. The fraction of sp³-hybridized carbons (Fsp3) is 0.917. The van der Waals surface area contributed by atoms with E-state index in [1.807, 2.05) is 13.8 Å². The van der Waals surface area contributed by atoms with Crippen LogP contribution in [0.1, 0.15) is 40.0 Å². The second-order valence-electron chi connectivity index (χ2n) is 5.18. The van der Waals surface area contributed by atoms with Gasteiger partial charge < -0.3 is 10.4 Å². The van der Waals surface area contributed by atoms with Crippen LogP contribution in [0.3, 0.4) is 0 Å². The van der Waals surface area contributed by atoms with E-state index >= 15 is 0 Å². The molecule has 4 heteroatoms. The van der Waals surface area contributed by atoms with Crippen LogP contribution in [0.2, 0.25) is 0 Å². The van der Waals surface area contributed by atoms with Crippen molar-refractivity contribution in [3.05, 3.63) is 0 Å². The summed E-state index contributed by atoms with van der Waals surface area (Å²) in [5.74, 6) is 0.0282. The number of hydrogen-bond donors (Lipinski definition) is 2. The van der Waals surface area contributed by atoms with Gasteiger partial charge in [-0.25, -0.2) is 0 Å². The van der Waals surface area contributed by atoms with E-state index in [-0.39, 0.29) is 11.9 Å². The molecule has 0 aromatic rings. The average Bonchev–Trinajstić information content (AvgIpc) is 2.59. The van der Waals surface area contributed by atoms with Crippen molar-refractivity contribution < 1.29 is 9.90 Å². The van der Waals surface area contributed by atoms with E-state index in [2.05, 4.69) is 10.2 Å². The number of amides is 1. The van der Waals surface area contributed by atoms with Gasteiger partial charge in [0.05, 0.1) is 5.60 Å². The second-order valence-corrected chi connectivity index (χ2v) is 5.18. The highest BCUT2D eigenvalue weighted by atomic mass is 16.3. The molecule has 0 spiro atoms. The van der Waals surface area contributed by atoms with Crippen molar-refractivity contribution in [1.29, 1.82) is 0 Å². The van der Waals surface area contributed by atoms with Crippen LogP contribution in [0.5, 0.6) is 0 Å². The van der Waals surface area contributed by atoms with Gasteiger partial charge in [-0.15, -0.1) is 0 Å². The molecule has 1 heterocycles. The normalized spacial score (nSPS) is 22.4. The minimum absolute atomic E-state index is 0.0282. The summed E-state index contributed by atoms with van der Waals surface area (Å²) in [6.45, 7) is 8.04. The van der Waals surface area contributed by atoms with E-state index in [9.17, 15) is 9.90 Å². The molecule has 1 fully saturated rings. The summed E-state index contributed by atoms with van der Waals surface area (Å²) in [7, 11) is 0.